The van der Waals surface area contributed by atoms with E-state index < -0.39 is 0 Å². The van der Waals surface area contributed by atoms with Crippen LogP contribution in [0, 0.1) is 0 Å². The first-order chi connectivity index (χ1) is 9.79. The molecule has 20 heavy (non-hydrogen) atoms. The van der Waals surface area contributed by atoms with Crippen LogP contribution in [0.4, 0.5) is 10.6 Å². The standard InChI is InChI=1S/C14H17N5O/c1-2-3-7-17-14(20)19-12-6-10-16-13(18-12)11-4-8-15-9-5-11/h4-6,8-10H,2-3,7H2,1H3,(H2,16,17,18,19,20). The van der Waals surface area contributed by atoms with Gasteiger partial charge in [0, 0.05) is 30.7 Å². The number of hydrogen-bond acceptors (Lipinski definition) is 4. The molecule has 0 aliphatic carbocycles. The van der Waals surface area contributed by atoms with Crippen LogP contribution >= 0.6 is 0 Å². The summed E-state index contributed by atoms with van der Waals surface area (Å²) in [6, 6.07) is 5.04. The fraction of sp³-hybridized carbons (Fsp3) is 0.286. The Balaban J connectivity index is 2.01. The minimum Gasteiger partial charge on any atom is -0.338 e. The van der Waals surface area contributed by atoms with Crippen LogP contribution in [0.3, 0.4) is 0 Å². The second-order valence-corrected chi connectivity index (χ2v) is 4.24. The summed E-state index contributed by atoms with van der Waals surface area (Å²) in [6.07, 6.45) is 6.97. The number of amides is 2. The van der Waals surface area contributed by atoms with Gasteiger partial charge in [0.25, 0.3) is 0 Å². The van der Waals surface area contributed by atoms with E-state index in [-0.39, 0.29) is 6.03 Å². The highest BCUT2D eigenvalue weighted by Gasteiger charge is 2.05. The average molecular weight is 271 g/mol. The summed E-state index contributed by atoms with van der Waals surface area (Å²) >= 11 is 0. The number of urea groups is 1. The lowest BCUT2D eigenvalue weighted by atomic mass is 10.2. The predicted molar refractivity (Wildman–Crippen MR) is 77.2 cm³/mol. The molecule has 2 aromatic heterocycles. The summed E-state index contributed by atoms with van der Waals surface area (Å²) in [6.45, 7) is 2.73. The fourth-order valence-electron chi connectivity index (χ4n) is 1.61. The molecule has 0 bridgehead atoms. The van der Waals surface area contributed by atoms with E-state index in [9.17, 15) is 4.79 Å². The van der Waals surface area contributed by atoms with E-state index in [2.05, 4.69) is 32.5 Å². The summed E-state index contributed by atoms with van der Waals surface area (Å²) in [5.74, 6) is 1.03. The second-order valence-electron chi connectivity index (χ2n) is 4.24. The van der Waals surface area contributed by atoms with E-state index in [0.29, 0.717) is 18.2 Å². The number of hydrogen-bond donors (Lipinski definition) is 2. The number of rotatable bonds is 5. The van der Waals surface area contributed by atoms with Crippen molar-refractivity contribution >= 4 is 11.8 Å². The van der Waals surface area contributed by atoms with Crippen molar-refractivity contribution in [3.63, 3.8) is 0 Å². The molecule has 0 spiro atoms. The molecule has 2 rings (SSSR count). The third-order valence-corrected chi connectivity index (χ3v) is 2.65. The van der Waals surface area contributed by atoms with Crippen molar-refractivity contribution in [2.45, 2.75) is 19.8 Å². The van der Waals surface area contributed by atoms with Gasteiger partial charge in [-0.25, -0.2) is 14.8 Å². The lowest BCUT2D eigenvalue weighted by Crippen LogP contribution is -2.29. The molecule has 0 fully saturated rings. The van der Waals surface area contributed by atoms with Gasteiger partial charge in [-0.3, -0.25) is 10.3 Å². The van der Waals surface area contributed by atoms with Gasteiger partial charge in [0.1, 0.15) is 5.82 Å². The smallest absolute Gasteiger partial charge is 0.320 e. The van der Waals surface area contributed by atoms with Crippen molar-refractivity contribution in [2.24, 2.45) is 0 Å². The van der Waals surface area contributed by atoms with E-state index >= 15 is 0 Å². The van der Waals surface area contributed by atoms with Crippen LogP contribution in [0.2, 0.25) is 0 Å². The third-order valence-electron chi connectivity index (χ3n) is 2.65. The van der Waals surface area contributed by atoms with Crippen molar-refractivity contribution < 1.29 is 4.79 Å². The number of nitrogens with one attached hydrogen (secondary N) is 2. The molecule has 6 nitrogen and oxygen atoms in total. The molecular weight excluding hydrogens is 254 g/mol. The quantitative estimate of drug-likeness (QED) is 0.819. The average Bonchev–Trinajstić information content (AvgIpc) is 2.49. The summed E-state index contributed by atoms with van der Waals surface area (Å²) in [7, 11) is 0. The third kappa shape index (κ3) is 4.01. The zero-order chi connectivity index (χ0) is 14.2. The van der Waals surface area contributed by atoms with Gasteiger partial charge in [0.2, 0.25) is 0 Å². The molecule has 0 saturated carbocycles. The maximum atomic E-state index is 11.6. The van der Waals surface area contributed by atoms with E-state index in [1.807, 2.05) is 12.1 Å². The highest BCUT2D eigenvalue weighted by atomic mass is 16.2. The Hall–Kier alpha value is -2.50. The lowest BCUT2D eigenvalue weighted by Gasteiger charge is -2.07. The largest absolute Gasteiger partial charge is 0.338 e. The number of unbranched alkanes of at least 4 members (excludes halogenated alkanes) is 1. The van der Waals surface area contributed by atoms with Crippen LogP contribution in [0.25, 0.3) is 11.4 Å². The van der Waals surface area contributed by atoms with E-state index in [4.69, 9.17) is 0 Å². The first kappa shape index (κ1) is 13.9. The van der Waals surface area contributed by atoms with Crippen LogP contribution in [0.1, 0.15) is 19.8 Å². The topological polar surface area (TPSA) is 79.8 Å². The molecule has 0 aliphatic heterocycles. The van der Waals surface area contributed by atoms with Gasteiger partial charge < -0.3 is 5.32 Å². The Kier molecular flexibility index (Phi) is 5.00. The number of carbonyl (C=O) groups is 1. The minimum absolute atomic E-state index is 0.252. The van der Waals surface area contributed by atoms with Crippen molar-refractivity contribution in [2.75, 3.05) is 11.9 Å². The highest BCUT2D eigenvalue weighted by Crippen LogP contribution is 2.14. The molecule has 0 aliphatic rings. The minimum atomic E-state index is -0.252. The van der Waals surface area contributed by atoms with Gasteiger partial charge in [-0.05, 0) is 24.6 Å². The first-order valence-electron chi connectivity index (χ1n) is 6.58. The molecule has 2 aromatic rings. The predicted octanol–water partition coefficient (Wildman–Crippen LogP) is 2.46. The van der Waals surface area contributed by atoms with Crippen molar-refractivity contribution in [3.8, 4) is 11.4 Å². The normalized spacial score (nSPS) is 10.1. The number of aromatic nitrogens is 3. The van der Waals surface area contributed by atoms with Crippen LogP contribution in [-0.2, 0) is 0 Å². The van der Waals surface area contributed by atoms with Crippen LogP contribution in [0.15, 0.2) is 36.8 Å². The summed E-state index contributed by atoms with van der Waals surface area (Å²) < 4.78 is 0. The van der Waals surface area contributed by atoms with E-state index in [0.717, 1.165) is 18.4 Å². The maximum absolute atomic E-state index is 11.6. The zero-order valence-electron chi connectivity index (χ0n) is 11.3. The molecule has 0 aromatic carbocycles. The SMILES string of the molecule is CCCCNC(=O)Nc1ccnc(-c2ccncc2)n1. The highest BCUT2D eigenvalue weighted by molar-refractivity contribution is 5.88. The molecule has 0 unspecified atom stereocenters. The van der Waals surface area contributed by atoms with Crippen molar-refractivity contribution in [3.05, 3.63) is 36.8 Å². The van der Waals surface area contributed by atoms with Gasteiger partial charge in [0.15, 0.2) is 5.82 Å². The van der Waals surface area contributed by atoms with Gasteiger partial charge in [-0.2, -0.15) is 0 Å². The first-order valence-corrected chi connectivity index (χ1v) is 6.58. The van der Waals surface area contributed by atoms with E-state index in [1.54, 1.807) is 24.7 Å². The van der Waals surface area contributed by atoms with Gasteiger partial charge >= 0.3 is 6.03 Å². The van der Waals surface area contributed by atoms with Gasteiger partial charge in [-0.15, -0.1) is 0 Å². The number of nitrogens with zero attached hydrogens (tertiary/aromatic N) is 3. The number of carbonyl (C=O) groups excluding carboxylic acids is 1. The van der Waals surface area contributed by atoms with Crippen LogP contribution in [0.5, 0.6) is 0 Å². The Morgan fingerprint density at radius 1 is 1.20 bits per heavy atom. The molecular formula is C14H17N5O. The fourth-order valence-corrected chi connectivity index (χ4v) is 1.61. The molecule has 104 valence electrons. The number of anilines is 1. The molecule has 0 saturated heterocycles. The van der Waals surface area contributed by atoms with Crippen LogP contribution in [-0.4, -0.2) is 27.5 Å². The zero-order valence-corrected chi connectivity index (χ0v) is 11.3. The van der Waals surface area contributed by atoms with Crippen molar-refractivity contribution in [1.29, 1.82) is 0 Å². The molecule has 2 heterocycles. The van der Waals surface area contributed by atoms with Gasteiger partial charge in [0.05, 0.1) is 0 Å². The summed E-state index contributed by atoms with van der Waals surface area (Å²) in [5, 5.41) is 5.47. The molecule has 2 amide bonds. The van der Waals surface area contributed by atoms with Crippen molar-refractivity contribution in [1.82, 2.24) is 20.3 Å². The molecule has 2 N–H and O–H groups in total. The summed E-state index contributed by atoms with van der Waals surface area (Å²) in [5.41, 5.74) is 0.857. The second kappa shape index (κ2) is 7.18. The Bertz CT molecular complexity index is 559. The van der Waals surface area contributed by atoms with Crippen LogP contribution < -0.4 is 10.6 Å². The van der Waals surface area contributed by atoms with Gasteiger partial charge in [-0.1, -0.05) is 13.3 Å². The Labute approximate surface area is 117 Å². The molecule has 0 radical (unpaired) electrons. The Morgan fingerprint density at radius 2 is 2.00 bits per heavy atom. The number of pyridine rings is 1. The molecule has 0 atom stereocenters. The monoisotopic (exact) mass is 271 g/mol. The lowest BCUT2D eigenvalue weighted by molar-refractivity contribution is 0.252. The molecule has 6 heteroatoms. The summed E-state index contributed by atoms with van der Waals surface area (Å²) in [4.78, 5) is 24.1. The van der Waals surface area contributed by atoms with E-state index in [1.165, 1.54) is 0 Å². The maximum Gasteiger partial charge on any atom is 0.320 e. The Morgan fingerprint density at radius 3 is 2.75 bits per heavy atom.